The van der Waals surface area contributed by atoms with Crippen LogP contribution in [0.1, 0.15) is 48.8 Å². The molecular weight excluding hydrogens is 382 g/mol. The minimum absolute atomic E-state index is 0.0275. The molecular formula is C23H31N3O2S. The molecule has 0 saturated carbocycles. The third kappa shape index (κ3) is 5.82. The molecule has 0 atom stereocenters. The van der Waals surface area contributed by atoms with Gasteiger partial charge in [-0.15, -0.1) is 11.3 Å². The number of para-hydroxylation sites is 1. The van der Waals surface area contributed by atoms with Crippen LogP contribution in [-0.2, 0) is 11.2 Å². The van der Waals surface area contributed by atoms with E-state index in [1.54, 1.807) is 11.3 Å². The van der Waals surface area contributed by atoms with Gasteiger partial charge in [-0.25, -0.2) is 0 Å². The molecule has 1 aromatic heterocycles. The van der Waals surface area contributed by atoms with Crippen LogP contribution in [0.15, 0.2) is 41.8 Å². The number of nitrogens with zero attached hydrogens (tertiary/aromatic N) is 1. The van der Waals surface area contributed by atoms with Gasteiger partial charge in [0.2, 0.25) is 5.91 Å². The van der Waals surface area contributed by atoms with Crippen molar-refractivity contribution in [3.63, 3.8) is 0 Å². The lowest BCUT2D eigenvalue weighted by molar-refractivity contribution is -0.129. The zero-order chi connectivity index (χ0) is 20.9. The topological polar surface area (TPSA) is 61.4 Å². The van der Waals surface area contributed by atoms with Crippen molar-refractivity contribution in [2.45, 2.75) is 46.1 Å². The maximum Gasteiger partial charge on any atom is 0.253 e. The van der Waals surface area contributed by atoms with Crippen LogP contribution in [0, 0.1) is 5.41 Å². The highest BCUT2D eigenvalue weighted by Gasteiger charge is 2.27. The largest absolute Gasteiger partial charge is 0.371 e. The first-order valence-corrected chi connectivity index (χ1v) is 11.2. The summed E-state index contributed by atoms with van der Waals surface area (Å²) in [6.07, 6.45) is 2.62. The number of piperidine rings is 1. The predicted molar refractivity (Wildman–Crippen MR) is 120 cm³/mol. The van der Waals surface area contributed by atoms with Gasteiger partial charge < -0.3 is 15.5 Å². The lowest BCUT2D eigenvalue weighted by Crippen LogP contribution is -2.48. The molecule has 1 saturated heterocycles. The molecule has 0 radical (unpaired) electrons. The van der Waals surface area contributed by atoms with Crippen molar-refractivity contribution in [1.82, 2.24) is 10.6 Å². The van der Waals surface area contributed by atoms with Crippen LogP contribution in [0.4, 0.5) is 5.69 Å². The Morgan fingerprint density at radius 1 is 1.10 bits per heavy atom. The van der Waals surface area contributed by atoms with Crippen LogP contribution in [0.5, 0.6) is 0 Å². The van der Waals surface area contributed by atoms with E-state index in [0.717, 1.165) is 43.6 Å². The fraction of sp³-hybridized carbons (Fsp3) is 0.478. The third-order valence-electron chi connectivity index (χ3n) is 5.24. The molecule has 5 nitrogen and oxygen atoms in total. The van der Waals surface area contributed by atoms with E-state index in [4.69, 9.17) is 0 Å². The summed E-state index contributed by atoms with van der Waals surface area (Å²) in [6.45, 7) is 8.10. The smallest absolute Gasteiger partial charge is 0.253 e. The number of nitrogens with one attached hydrogen (secondary N) is 2. The quantitative estimate of drug-likeness (QED) is 0.756. The number of amides is 2. The molecule has 2 N–H and O–H groups in total. The molecule has 2 heterocycles. The lowest BCUT2D eigenvalue weighted by Gasteiger charge is -2.35. The molecule has 0 bridgehead atoms. The Bertz CT molecular complexity index is 819. The third-order valence-corrected chi connectivity index (χ3v) is 6.17. The van der Waals surface area contributed by atoms with Gasteiger partial charge in [-0.05, 0) is 42.8 Å². The Morgan fingerprint density at radius 2 is 1.83 bits per heavy atom. The molecule has 1 aliphatic rings. The van der Waals surface area contributed by atoms with E-state index >= 15 is 0 Å². The highest BCUT2D eigenvalue weighted by atomic mass is 32.1. The zero-order valence-corrected chi connectivity index (χ0v) is 18.3. The van der Waals surface area contributed by atoms with E-state index in [-0.39, 0.29) is 23.3 Å². The Morgan fingerprint density at radius 3 is 2.48 bits per heavy atom. The maximum atomic E-state index is 12.8. The average molecular weight is 414 g/mol. The molecule has 6 heteroatoms. The summed E-state index contributed by atoms with van der Waals surface area (Å²) in [5.41, 5.74) is 1.32. The minimum atomic E-state index is -0.370. The number of benzene rings is 1. The highest BCUT2D eigenvalue weighted by molar-refractivity contribution is 7.09. The van der Waals surface area contributed by atoms with E-state index < -0.39 is 0 Å². The van der Waals surface area contributed by atoms with Crippen LogP contribution in [-0.4, -0.2) is 37.5 Å². The van der Waals surface area contributed by atoms with Gasteiger partial charge in [-0.3, -0.25) is 9.59 Å². The summed E-state index contributed by atoms with van der Waals surface area (Å²) in [6, 6.07) is 12.1. The Kier molecular flexibility index (Phi) is 6.96. The van der Waals surface area contributed by atoms with Crippen molar-refractivity contribution in [2.75, 3.05) is 24.5 Å². The molecule has 3 rings (SSSR count). The summed E-state index contributed by atoms with van der Waals surface area (Å²) < 4.78 is 0. The summed E-state index contributed by atoms with van der Waals surface area (Å²) in [5, 5.41) is 8.27. The van der Waals surface area contributed by atoms with Crippen molar-refractivity contribution in [3.8, 4) is 0 Å². The van der Waals surface area contributed by atoms with E-state index in [1.165, 1.54) is 4.88 Å². The second kappa shape index (κ2) is 9.44. The molecule has 0 unspecified atom stereocenters. The standard InChI is InChI=1S/C23H31N3O2S/c1-23(2,3)22(28)25-17-11-14-26(15-12-17)20-9-5-4-8-19(20)21(27)24-13-10-18-7-6-16-29-18/h4-9,16-17H,10-15H2,1-3H3,(H,24,27)(H,25,28). The van der Waals surface area contributed by atoms with E-state index in [2.05, 4.69) is 27.0 Å². The summed E-state index contributed by atoms with van der Waals surface area (Å²) >= 11 is 1.71. The van der Waals surface area contributed by atoms with Crippen molar-refractivity contribution in [1.29, 1.82) is 0 Å². The Balaban J connectivity index is 1.56. The minimum Gasteiger partial charge on any atom is -0.371 e. The van der Waals surface area contributed by atoms with Gasteiger partial charge in [0.15, 0.2) is 0 Å². The molecule has 0 spiro atoms. The second-order valence-corrected chi connectivity index (χ2v) is 9.62. The maximum absolute atomic E-state index is 12.8. The molecule has 0 aliphatic carbocycles. The Hall–Kier alpha value is -2.34. The van der Waals surface area contributed by atoms with Crippen molar-refractivity contribution in [3.05, 3.63) is 52.2 Å². The van der Waals surface area contributed by atoms with Gasteiger partial charge in [-0.1, -0.05) is 39.0 Å². The number of carbonyl (C=O) groups excluding carboxylic acids is 2. The van der Waals surface area contributed by atoms with Gasteiger partial charge in [0.05, 0.1) is 5.56 Å². The predicted octanol–water partition coefficient (Wildman–Crippen LogP) is 3.85. The summed E-state index contributed by atoms with van der Waals surface area (Å²) in [5.74, 6) is 0.0711. The van der Waals surface area contributed by atoms with Gasteiger partial charge in [0.1, 0.15) is 0 Å². The van der Waals surface area contributed by atoms with Crippen LogP contribution < -0.4 is 15.5 Å². The van der Waals surface area contributed by atoms with Gasteiger partial charge >= 0.3 is 0 Å². The summed E-state index contributed by atoms with van der Waals surface area (Å²) in [4.78, 5) is 28.5. The highest BCUT2D eigenvalue weighted by Crippen LogP contribution is 2.25. The van der Waals surface area contributed by atoms with Crippen LogP contribution in [0.2, 0.25) is 0 Å². The lowest BCUT2D eigenvalue weighted by atomic mass is 9.94. The number of thiophene rings is 1. The number of hydrogen-bond acceptors (Lipinski definition) is 4. The first kappa shape index (κ1) is 21.4. The molecule has 1 fully saturated rings. The van der Waals surface area contributed by atoms with Gasteiger partial charge in [-0.2, -0.15) is 0 Å². The van der Waals surface area contributed by atoms with Crippen LogP contribution >= 0.6 is 11.3 Å². The van der Waals surface area contributed by atoms with Crippen molar-refractivity contribution >= 4 is 28.8 Å². The number of anilines is 1. The van der Waals surface area contributed by atoms with E-state index in [0.29, 0.717) is 6.54 Å². The van der Waals surface area contributed by atoms with Crippen molar-refractivity contribution in [2.24, 2.45) is 5.41 Å². The van der Waals surface area contributed by atoms with E-state index in [1.807, 2.05) is 51.1 Å². The number of hydrogen-bond donors (Lipinski definition) is 2. The molecule has 1 aliphatic heterocycles. The first-order valence-electron chi connectivity index (χ1n) is 10.3. The normalized spacial score (nSPS) is 15.2. The zero-order valence-electron chi connectivity index (χ0n) is 17.5. The molecule has 1 aromatic carbocycles. The fourth-order valence-corrected chi connectivity index (χ4v) is 4.17. The van der Waals surface area contributed by atoms with Gasteiger partial charge in [0, 0.05) is 41.7 Å². The number of rotatable bonds is 6. The van der Waals surface area contributed by atoms with Crippen LogP contribution in [0.3, 0.4) is 0 Å². The van der Waals surface area contributed by atoms with Crippen LogP contribution in [0.25, 0.3) is 0 Å². The fourth-order valence-electron chi connectivity index (χ4n) is 3.46. The molecule has 2 aromatic rings. The molecule has 29 heavy (non-hydrogen) atoms. The molecule has 2 amide bonds. The molecule has 156 valence electrons. The van der Waals surface area contributed by atoms with E-state index in [9.17, 15) is 9.59 Å². The SMILES string of the molecule is CC(C)(C)C(=O)NC1CCN(c2ccccc2C(=O)NCCc2cccs2)CC1. The average Bonchev–Trinajstić information content (AvgIpc) is 3.21. The second-order valence-electron chi connectivity index (χ2n) is 8.59. The van der Waals surface area contributed by atoms with Gasteiger partial charge in [0.25, 0.3) is 5.91 Å². The monoisotopic (exact) mass is 413 g/mol. The number of carbonyl (C=O) groups is 2. The Labute approximate surface area is 177 Å². The summed E-state index contributed by atoms with van der Waals surface area (Å²) in [7, 11) is 0. The van der Waals surface area contributed by atoms with Crippen molar-refractivity contribution < 1.29 is 9.59 Å². The first-order chi connectivity index (χ1) is 13.8.